The summed E-state index contributed by atoms with van der Waals surface area (Å²) in [7, 11) is 1.70. The molecule has 0 spiro atoms. The maximum absolute atomic E-state index is 13.5. The van der Waals surface area contributed by atoms with Gasteiger partial charge in [-0.3, -0.25) is 9.69 Å². The Bertz CT molecular complexity index is 923. The number of carbonyl (C=O) groups excluding carboxylic acids is 1. The second kappa shape index (κ2) is 11.2. The lowest BCUT2D eigenvalue weighted by Gasteiger charge is -2.37. The highest BCUT2D eigenvalue weighted by molar-refractivity contribution is 5.83. The summed E-state index contributed by atoms with van der Waals surface area (Å²) < 4.78 is 11.2. The molecule has 178 valence electrons. The van der Waals surface area contributed by atoms with Gasteiger partial charge in [0.15, 0.2) is 0 Å². The fourth-order valence-corrected chi connectivity index (χ4v) is 5.36. The minimum Gasteiger partial charge on any atom is -0.496 e. The van der Waals surface area contributed by atoms with Crippen LogP contribution in [0.1, 0.15) is 44.6 Å². The molecule has 0 radical (unpaired) electrons. The van der Waals surface area contributed by atoms with Gasteiger partial charge in [-0.15, -0.1) is 0 Å². The Kier molecular flexibility index (Phi) is 8.05. The number of ether oxygens (including phenoxy) is 2. The molecule has 2 aromatic rings. The highest BCUT2D eigenvalue weighted by atomic mass is 16.5. The average molecular weight is 451 g/mol. The van der Waals surface area contributed by atoms with Crippen LogP contribution < -0.4 is 10.1 Å². The first-order chi connectivity index (χ1) is 16.1. The Labute approximate surface area is 198 Å². The normalized spacial score (nSPS) is 20.8. The summed E-state index contributed by atoms with van der Waals surface area (Å²) in [5.41, 5.74) is 2.96. The monoisotopic (exact) mass is 450 g/mol. The molecule has 2 fully saturated rings. The number of likely N-dealkylation sites (tertiary alicyclic amines) is 1. The SMILES string of the molecule is COc1ccccc1-c1cccc(CC2(C(=O)NCCN3CCCC[C@@H]3C)CCOCC2)c1. The molecular weight excluding hydrogens is 412 g/mol. The van der Waals surface area contributed by atoms with Crippen molar-refractivity contribution < 1.29 is 14.3 Å². The van der Waals surface area contributed by atoms with Gasteiger partial charge in [-0.1, -0.05) is 48.9 Å². The molecule has 2 heterocycles. The topological polar surface area (TPSA) is 50.8 Å². The van der Waals surface area contributed by atoms with E-state index < -0.39 is 5.41 Å². The smallest absolute Gasteiger partial charge is 0.226 e. The van der Waals surface area contributed by atoms with E-state index >= 15 is 0 Å². The number of hydrogen-bond donors (Lipinski definition) is 1. The maximum Gasteiger partial charge on any atom is 0.226 e. The summed E-state index contributed by atoms with van der Waals surface area (Å²) in [5, 5.41) is 3.29. The van der Waals surface area contributed by atoms with Gasteiger partial charge in [0, 0.05) is 37.9 Å². The number of para-hydroxylation sites is 1. The standard InChI is InChI=1S/C28H38N2O3/c1-22-8-5-6-16-30(22)17-15-29-27(31)28(13-18-33-19-14-28)21-23-9-7-10-24(20-23)25-11-3-4-12-26(25)32-2/h3-4,7,9-12,20,22H,5-6,8,13-19,21H2,1-2H3,(H,29,31)/t22-/m0/s1. The van der Waals surface area contributed by atoms with Gasteiger partial charge in [0.1, 0.15) is 5.75 Å². The van der Waals surface area contributed by atoms with Crippen LogP contribution in [0.4, 0.5) is 0 Å². The summed E-state index contributed by atoms with van der Waals surface area (Å²) in [6.07, 6.45) is 6.10. The van der Waals surface area contributed by atoms with Crippen molar-refractivity contribution >= 4 is 5.91 Å². The van der Waals surface area contributed by atoms with Gasteiger partial charge in [-0.25, -0.2) is 0 Å². The van der Waals surface area contributed by atoms with Crippen molar-refractivity contribution in [2.75, 3.05) is 40.0 Å². The first-order valence-electron chi connectivity index (χ1n) is 12.4. The lowest BCUT2D eigenvalue weighted by Crippen LogP contribution is -2.49. The summed E-state index contributed by atoms with van der Waals surface area (Å²) in [6.45, 7) is 6.38. The number of rotatable bonds is 8. The lowest BCUT2D eigenvalue weighted by molar-refractivity contribution is -0.136. The van der Waals surface area contributed by atoms with Crippen molar-refractivity contribution in [1.29, 1.82) is 0 Å². The molecule has 0 saturated carbocycles. The van der Waals surface area contributed by atoms with Crippen molar-refractivity contribution in [1.82, 2.24) is 10.2 Å². The van der Waals surface area contributed by atoms with Crippen LogP contribution in [0.15, 0.2) is 48.5 Å². The molecule has 2 aromatic carbocycles. The number of hydrogen-bond acceptors (Lipinski definition) is 4. The molecule has 0 bridgehead atoms. The molecule has 2 aliphatic heterocycles. The van der Waals surface area contributed by atoms with Crippen LogP contribution in [0.5, 0.6) is 5.75 Å². The molecule has 0 unspecified atom stereocenters. The third kappa shape index (κ3) is 5.77. The summed E-state index contributed by atoms with van der Waals surface area (Å²) in [5.74, 6) is 1.04. The lowest BCUT2D eigenvalue weighted by atomic mass is 9.74. The molecule has 0 aliphatic carbocycles. The number of piperidine rings is 1. The van der Waals surface area contributed by atoms with Crippen LogP contribution >= 0.6 is 0 Å². The number of methoxy groups -OCH3 is 1. The Morgan fingerprint density at radius 1 is 1.15 bits per heavy atom. The number of carbonyl (C=O) groups is 1. The first-order valence-corrected chi connectivity index (χ1v) is 12.4. The van der Waals surface area contributed by atoms with Crippen molar-refractivity contribution in [3.8, 4) is 16.9 Å². The Morgan fingerprint density at radius 2 is 1.97 bits per heavy atom. The van der Waals surface area contributed by atoms with E-state index in [1.54, 1.807) is 7.11 Å². The maximum atomic E-state index is 13.5. The summed E-state index contributed by atoms with van der Waals surface area (Å²) >= 11 is 0. The Hall–Kier alpha value is -2.37. The molecule has 4 rings (SSSR count). The molecule has 1 atom stereocenters. The summed E-state index contributed by atoms with van der Waals surface area (Å²) in [6, 6.07) is 17.2. The van der Waals surface area contributed by atoms with Crippen LogP contribution in [0.2, 0.25) is 0 Å². The number of nitrogens with one attached hydrogen (secondary N) is 1. The Morgan fingerprint density at radius 3 is 2.76 bits per heavy atom. The molecule has 2 saturated heterocycles. The van der Waals surface area contributed by atoms with Gasteiger partial charge >= 0.3 is 0 Å². The van der Waals surface area contributed by atoms with Gasteiger partial charge in [0.25, 0.3) is 0 Å². The predicted octanol–water partition coefficient (Wildman–Crippen LogP) is 4.69. The molecule has 2 aliphatic rings. The van der Waals surface area contributed by atoms with Crippen LogP contribution in [0.3, 0.4) is 0 Å². The zero-order valence-corrected chi connectivity index (χ0v) is 20.1. The van der Waals surface area contributed by atoms with Gasteiger partial charge in [-0.2, -0.15) is 0 Å². The molecule has 0 aromatic heterocycles. The Balaban J connectivity index is 1.46. The fourth-order valence-electron chi connectivity index (χ4n) is 5.36. The zero-order chi connectivity index (χ0) is 23.1. The summed E-state index contributed by atoms with van der Waals surface area (Å²) in [4.78, 5) is 16.0. The molecule has 5 heteroatoms. The average Bonchev–Trinajstić information content (AvgIpc) is 2.86. The minimum absolute atomic E-state index is 0.179. The fraction of sp³-hybridized carbons (Fsp3) is 0.536. The minimum atomic E-state index is -0.412. The van der Waals surface area contributed by atoms with Crippen LogP contribution in [-0.4, -0.2) is 56.8 Å². The molecule has 1 amide bonds. The van der Waals surface area contributed by atoms with Crippen LogP contribution in [-0.2, 0) is 16.0 Å². The van der Waals surface area contributed by atoms with E-state index in [4.69, 9.17) is 9.47 Å². The first kappa shape index (κ1) is 23.8. The van der Waals surface area contributed by atoms with Gasteiger partial charge in [0.05, 0.1) is 12.5 Å². The van der Waals surface area contributed by atoms with Crippen LogP contribution in [0, 0.1) is 5.41 Å². The number of nitrogens with zero attached hydrogens (tertiary/aromatic N) is 1. The highest BCUT2D eigenvalue weighted by Gasteiger charge is 2.40. The van der Waals surface area contributed by atoms with Crippen molar-refractivity contribution in [3.05, 3.63) is 54.1 Å². The van der Waals surface area contributed by atoms with E-state index in [9.17, 15) is 4.79 Å². The third-order valence-electron chi connectivity index (χ3n) is 7.44. The van der Waals surface area contributed by atoms with E-state index in [0.717, 1.165) is 49.2 Å². The van der Waals surface area contributed by atoms with E-state index in [2.05, 4.69) is 47.5 Å². The predicted molar refractivity (Wildman–Crippen MR) is 133 cm³/mol. The van der Waals surface area contributed by atoms with Crippen LogP contribution in [0.25, 0.3) is 11.1 Å². The quantitative estimate of drug-likeness (QED) is 0.634. The van der Waals surface area contributed by atoms with E-state index in [1.165, 1.54) is 24.8 Å². The zero-order valence-electron chi connectivity index (χ0n) is 20.1. The molecule has 1 N–H and O–H groups in total. The number of benzene rings is 2. The van der Waals surface area contributed by atoms with Crippen molar-refractivity contribution in [3.63, 3.8) is 0 Å². The van der Waals surface area contributed by atoms with Crippen molar-refractivity contribution in [2.45, 2.75) is 51.5 Å². The van der Waals surface area contributed by atoms with Gasteiger partial charge in [0.2, 0.25) is 5.91 Å². The van der Waals surface area contributed by atoms with Gasteiger partial charge in [-0.05, 0) is 62.8 Å². The molecule has 5 nitrogen and oxygen atoms in total. The highest BCUT2D eigenvalue weighted by Crippen LogP contribution is 2.37. The molecular formula is C28H38N2O3. The second-order valence-corrected chi connectivity index (χ2v) is 9.61. The van der Waals surface area contributed by atoms with E-state index in [-0.39, 0.29) is 5.91 Å². The van der Waals surface area contributed by atoms with E-state index in [1.807, 2.05) is 18.2 Å². The van der Waals surface area contributed by atoms with Crippen molar-refractivity contribution in [2.24, 2.45) is 5.41 Å². The largest absolute Gasteiger partial charge is 0.496 e. The van der Waals surface area contributed by atoms with E-state index in [0.29, 0.717) is 25.8 Å². The number of amides is 1. The second-order valence-electron chi connectivity index (χ2n) is 9.61. The molecule has 33 heavy (non-hydrogen) atoms. The van der Waals surface area contributed by atoms with Gasteiger partial charge < -0.3 is 14.8 Å². The third-order valence-corrected chi connectivity index (χ3v) is 7.44.